The van der Waals surface area contributed by atoms with Gasteiger partial charge in [0.15, 0.2) is 0 Å². The number of nitrogens with zero attached hydrogens (tertiary/aromatic N) is 7. The molecule has 5 aromatic rings. The molecular weight excluding hydrogens is 914 g/mol. The van der Waals surface area contributed by atoms with Crippen LogP contribution in [0.4, 0.5) is 40.3 Å². The van der Waals surface area contributed by atoms with E-state index < -0.39 is 82.5 Å². The van der Waals surface area contributed by atoms with Crippen LogP contribution in [-0.4, -0.2) is 79.9 Å². The second kappa shape index (κ2) is 21.1. The molecule has 0 amide bonds. The number of azo groups is 1. The number of fused-ring (bicyclic) bond motifs is 1. The molecule has 0 unspecified atom stereocenters. The van der Waals surface area contributed by atoms with Crippen LogP contribution in [0.25, 0.3) is 10.8 Å². The predicted molar refractivity (Wildman–Crippen MR) is 182 cm³/mol. The van der Waals surface area contributed by atoms with E-state index in [0.717, 1.165) is 12.1 Å². The summed E-state index contributed by atoms with van der Waals surface area (Å²) in [5, 5.41) is 20.7. The summed E-state index contributed by atoms with van der Waals surface area (Å²) < 4.78 is 139. The minimum Gasteiger partial charge on any atom is -0.846 e. The molecule has 31 heteroatoms. The van der Waals surface area contributed by atoms with Gasteiger partial charge in [-0.1, -0.05) is 0 Å². The fraction of sp³-hybridized carbons (Fsp3) is 0.0370. The van der Waals surface area contributed by atoms with Crippen molar-refractivity contribution >= 4 is 109 Å². The molecule has 4 N–H and O–H groups in total. The zero-order chi connectivity index (χ0) is 40.0. The average molecular weight is 932 g/mol. The number of halogens is 1. The summed E-state index contributed by atoms with van der Waals surface area (Å²) in [6.45, 7) is 0. The zero-order valence-electron chi connectivity index (χ0n) is 30.4. The Morgan fingerprint density at radius 1 is 0.724 bits per heavy atom. The predicted octanol–water partition coefficient (Wildman–Crippen LogP) is -10.1. The van der Waals surface area contributed by atoms with Crippen molar-refractivity contribution in [3.05, 3.63) is 72.0 Å². The van der Waals surface area contributed by atoms with Gasteiger partial charge < -0.3 is 34.7 Å². The van der Waals surface area contributed by atoms with Crippen molar-refractivity contribution in [2.24, 2.45) is 21.0 Å². The van der Waals surface area contributed by atoms with E-state index in [1.54, 1.807) is 0 Å². The van der Waals surface area contributed by atoms with Gasteiger partial charge in [-0.2, -0.15) is 23.4 Å². The molecule has 0 aliphatic carbocycles. The number of aliphatic imine (C=N–C) groups is 1. The normalized spacial score (nSPS) is 12.1. The number of rotatable bonds is 11. The SMILES string of the molecule is CN(c1ccc(S(=O)(=O)[O-])cc1)c1nc(Cl)nc(Nc2ccc(N=Nc3cc4c(S(=O)(=O)[O-])cc(S(=O)(=O)[O-])cc4cc3S(=O)(=O)O)c(N=C(N)[O-])c2)n1.[Na+].[Na+].[Na+].[Na+]. The van der Waals surface area contributed by atoms with Crippen LogP contribution in [0.15, 0.2) is 102 Å². The van der Waals surface area contributed by atoms with Crippen molar-refractivity contribution < 1.29 is 175 Å². The van der Waals surface area contributed by atoms with Crippen molar-refractivity contribution in [3.63, 3.8) is 0 Å². The van der Waals surface area contributed by atoms with Gasteiger partial charge in [0, 0.05) is 23.8 Å². The third-order valence-electron chi connectivity index (χ3n) is 6.94. The molecule has 0 atom stereocenters. The first-order chi connectivity index (χ1) is 24.9. The first-order valence-electron chi connectivity index (χ1n) is 14.0. The van der Waals surface area contributed by atoms with Gasteiger partial charge in [-0.05, 0) is 83.7 Å². The van der Waals surface area contributed by atoms with Crippen LogP contribution in [0.2, 0.25) is 5.28 Å². The summed E-state index contributed by atoms with van der Waals surface area (Å²) >= 11 is 6.09. The number of anilines is 4. The van der Waals surface area contributed by atoms with Gasteiger partial charge in [0.25, 0.3) is 10.1 Å². The first-order valence-corrected chi connectivity index (χ1v) is 20.0. The number of benzene rings is 4. The molecule has 0 aliphatic heterocycles. The van der Waals surface area contributed by atoms with E-state index in [1.165, 1.54) is 42.3 Å². The van der Waals surface area contributed by atoms with E-state index in [1.807, 2.05) is 0 Å². The molecule has 1 aromatic heterocycles. The quantitative estimate of drug-likeness (QED) is 0.0364. The van der Waals surface area contributed by atoms with E-state index in [2.05, 4.69) is 35.5 Å². The van der Waals surface area contributed by atoms with Crippen LogP contribution in [-0.2, 0) is 40.5 Å². The molecule has 0 radical (unpaired) electrons. The maximum Gasteiger partial charge on any atom is 1.00 e. The number of amidine groups is 1. The van der Waals surface area contributed by atoms with Crippen molar-refractivity contribution in [2.45, 2.75) is 19.6 Å². The van der Waals surface area contributed by atoms with Crippen molar-refractivity contribution in [3.8, 4) is 0 Å². The van der Waals surface area contributed by atoms with Gasteiger partial charge in [-0.25, -0.2) is 30.2 Å². The number of nitrogens with one attached hydrogen (secondary N) is 1. The molecule has 0 bridgehead atoms. The molecular formula is C27H18ClN9Na4O13S4. The number of aromatic nitrogens is 3. The van der Waals surface area contributed by atoms with E-state index in [0.29, 0.717) is 23.9 Å². The molecule has 0 spiro atoms. The summed E-state index contributed by atoms with van der Waals surface area (Å²) in [7, 11) is -19.3. The van der Waals surface area contributed by atoms with Crippen molar-refractivity contribution in [2.75, 3.05) is 17.3 Å². The van der Waals surface area contributed by atoms with Crippen LogP contribution >= 0.6 is 11.6 Å². The molecule has 0 aliphatic rings. The van der Waals surface area contributed by atoms with Gasteiger partial charge >= 0.3 is 118 Å². The molecule has 5 rings (SSSR count). The summed E-state index contributed by atoms with van der Waals surface area (Å²) in [6, 6.07) is 9.33. The molecule has 0 fully saturated rings. The molecule has 0 saturated heterocycles. The Bertz CT molecular complexity index is 2880. The van der Waals surface area contributed by atoms with Gasteiger partial charge in [-0.3, -0.25) is 4.55 Å². The topological polar surface area (TPSA) is 366 Å². The minimum absolute atomic E-state index is 0. The van der Waals surface area contributed by atoms with Crippen LogP contribution in [0, 0.1) is 0 Å². The first kappa shape index (κ1) is 54.6. The molecule has 0 saturated carbocycles. The Balaban J connectivity index is 0.00000420. The monoisotopic (exact) mass is 931 g/mol. The zero-order valence-corrected chi connectivity index (χ0v) is 42.4. The molecule has 284 valence electrons. The van der Waals surface area contributed by atoms with Crippen LogP contribution in [0.1, 0.15) is 0 Å². The average Bonchev–Trinajstić information content (AvgIpc) is 3.04. The van der Waals surface area contributed by atoms with Crippen molar-refractivity contribution in [1.82, 2.24) is 15.0 Å². The third kappa shape index (κ3) is 13.8. The largest absolute Gasteiger partial charge is 1.00 e. The summed E-state index contributed by atoms with van der Waals surface area (Å²) in [4.78, 5) is 13.3. The molecule has 22 nitrogen and oxygen atoms in total. The summed E-state index contributed by atoms with van der Waals surface area (Å²) in [6.07, 6.45) is 0. The Morgan fingerprint density at radius 2 is 1.31 bits per heavy atom. The summed E-state index contributed by atoms with van der Waals surface area (Å²) in [5.74, 6) is -0.215. The van der Waals surface area contributed by atoms with Crippen molar-refractivity contribution in [1.29, 1.82) is 0 Å². The standard InChI is InChI=1S/C27H22ClN9O13S4.4Na/c1-37(15-3-5-16(6-4-15)51(39,40)41)27-33-24(28)32-26(34-27)30-14-2-7-19(20(10-14)31-25(29)38)35-36-21-12-18-13(9-23(21)54(48,49)50)8-17(52(42,43)44)11-22(18)53(45,46)47;;;;/h2-12H,1H3,(H3,29,31,38)(H,39,40,41)(H,42,43,44)(H,45,46,47)(H,48,49,50)(H,30,32,33,34);;;;/q;4*+1/p-4. The van der Waals surface area contributed by atoms with Gasteiger partial charge in [0.05, 0.1) is 26.4 Å². The smallest absolute Gasteiger partial charge is 0.846 e. The second-order valence-electron chi connectivity index (χ2n) is 10.6. The van der Waals surface area contributed by atoms with Gasteiger partial charge in [0.1, 0.15) is 46.6 Å². The second-order valence-corrected chi connectivity index (χ2v) is 16.4. The van der Waals surface area contributed by atoms with E-state index in [9.17, 15) is 57.0 Å². The number of hydrogen-bond acceptors (Lipinski definition) is 20. The third-order valence-corrected chi connectivity index (χ3v) is 10.5. The van der Waals surface area contributed by atoms with Crippen LogP contribution in [0.3, 0.4) is 0 Å². The van der Waals surface area contributed by atoms with Gasteiger partial charge in [0.2, 0.25) is 17.2 Å². The van der Waals surface area contributed by atoms with E-state index in [4.69, 9.17) is 17.3 Å². The maximum atomic E-state index is 12.3. The number of hydrogen-bond donors (Lipinski definition) is 3. The molecule has 4 aromatic carbocycles. The van der Waals surface area contributed by atoms with E-state index in [-0.39, 0.29) is 159 Å². The van der Waals surface area contributed by atoms with Crippen LogP contribution in [0.5, 0.6) is 0 Å². The van der Waals surface area contributed by atoms with Gasteiger partial charge in [-0.15, -0.1) is 10.2 Å². The Morgan fingerprint density at radius 3 is 1.84 bits per heavy atom. The summed E-state index contributed by atoms with van der Waals surface area (Å²) in [5.41, 5.74) is 4.35. The Kier molecular flexibility index (Phi) is 19.8. The van der Waals surface area contributed by atoms with Crippen LogP contribution < -0.4 is 139 Å². The fourth-order valence-electron chi connectivity index (χ4n) is 4.58. The Labute approximate surface area is 423 Å². The Hall–Kier alpha value is -1.45. The molecule has 1 heterocycles. The maximum absolute atomic E-state index is 12.3. The molecule has 58 heavy (non-hydrogen) atoms. The fourth-order valence-corrected chi connectivity index (χ4v) is 7.17. The van der Waals surface area contributed by atoms with E-state index >= 15 is 0 Å². The number of nitrogens with two attached hydrogens (primary N) is 1. The minimum atomic E-state index is -5.49.